The van der Waals surface area contributed by atoms with Crippen LogP contribution in [0.3, 0.4) is 0 Å². The number of carbonyl (C=O) groups is 1. The first-order valence-electron chi connectivity index (χ1n) is 6.29. The largest absolute Gasteiger partial charge is 0.327 e. The van der Waals surface area contributed by atoms with Gasteiger partial charge in [-0.25, -0.2) is 0 Å². The van der Waals surface area contributed by atoms with Crippen molar-refractivity contribution in [2.45, 2.75) is 0 Å². The topological polar surface area (TPSA) is 84.3 Å². The lowest BCUT2D eigenvalue weighted by molar-refractivity contribution is -0.383. The van der Waals surface area contributed by atoms with Crippen LogP contribution in [0.1, 0.15) is 10.4 Å². The third kappa shape index (κ3) is 4.55. The Morgan fingerprint density at radius 3 is 2.33 bits per heavy atom. The molecule has 2 N–H and O–H groups in total. The molecule has 0 aliphatic carbocycles. The molecular weight excluding hydrogens is 397 g/mol. The molecule has 0 atom stereocenters. The number of nitro groups is 1. The van der Waals surface area contributed by atoms with Crippen LogP contribution in [0.5, 0.6) is 0 Å². The molecule has 2 aromatic rings. The Labute approximate surface area is 156 Å². The van der Waals surface area contributed by atoms with Gasteiger partial charge in [-0.1, -0.05) is 34.8 Å². The van der Waals surface area contributed by atoms with Crippen molar-refractivity contribution < 1.29 is 9.72 Å². The van der Waals surface area contributed by atoms with Crippen LogP contribution < -0.4 is 10.6 Å². The number of hydrogen-bond donors (Lipinski definition) is 2. The molecule has 0 unspecified atom stereocenters. The molecule has 2 rings (SSSR count). The van der Waals surface area contributed by atoms with Gasteiger partial charge in [-0.2, -0.15) is 0 Å². The van der Waals surface area contributed by atoms with E-state index in [0.717, 1.165) is 0 Å². The second-order valence-electron chi connectivity index (χ2n) is 4.45. The molecule has 0 radical (unpaired) electrons. The van der Waals surface area contributed by atoms with Crippen molar-refractivity contribution in [2.75, 3.05) is 5.32 Å². The van der Waals surface area contributed by atoms with Gasteiger partial charge in [0.15, 0.2) is 5.11 Å². The van der Waals surface area contributed by atoms with Crippen molar-refractivity contribution in [3.8, 4) is 0 Å². The zero-order chi connectivity index (χ0) is 17.9. The minimum atomic E-state index is -0.616. The van der Waals surface area contributed by atoms with Crippen molar-refractivity contribution in [1.29, 1.82) is 0 Å². The molecule has 10 heteroatoms. The van der Waals surface area contributed by atoms with Crippen molar-refractivity contribution in [3.63, 3.8) is 0 Å². The Kier molecular flexibility index (Phi) is 5.95. The molecule has 124 valence electrons. The molecule has 0 aromatic heterocycles. The van der Waals surface area contributed by atoms with E-state index in [1.807, 2.05) is 0 Å². The van der Waals surface area contributed by atoms with E-state index in [0.29, 0.717) is 5.02 Å². The molecule has 0 bridgehead atoms. The van der Waals surface area contributed by atoms with Crippen LogP contribution in [0.4, 0.5) is 11.4 Å². The molecule has 2 aromatic carbocycles. The highest BCUT2D eigenvalue weighted by Gasteiger charge is 2.17. The maximum atomic E-state index is 12.1. The van der Waals surface area contributed by atoms with Gasteiger partial charge in [0.25, 0.3) is 11.6 Å². The second-order valence-corrected chi connectivity index (χ2v) is 6.14. The van der Waals surface area contributed by atoms with E-state index in [2.05, 4.69) is 10.6 Å². The van der Waals surface area contributed by atoms with E-state index in [-0.39, 0.29) is 32.1 Å². The zero-order valence-corrected chi connectivity index (χ0v) is 14.8. The summed E-state index contributed by atoms with van der Waals surface area (Å²) in [5, 5.41) is 16.6. The lowest BCUT2D eigenvalue weighted by Gasteiger charge is -2.11. The zero-order valence-electron chi connectivity index (χ0n) is 11.7. The van der Waals surface area contributed by atoms with E-state index in [9.17, 15) is 14.9 Å². The lowest BCUT2D eigenvalue weighted by Crippen LogP contribution is -2.34. The minimum absolute atomic E-state index is 0.0944. The summed E-state index contributed by atoms with van der Waals surface area (Å²) in [6, 6.07) is 8.37. The summed E-state index contributed by atoms with van der Waals surface area (Å²) in [6.45, 7) is 0. The average molecular weight is 405 g/mol. The quantitative estimate of drug-likeness (QED) is 0.441. The number of hydrogen-bond acceptors (Lipinski definition) is 4. The Morgan fingerprint density at radius 2 is 1.71 bits per heavy atom. The molecule has 1 amide bonds. The summed E-state index contributed by atoms with van der Waals surface area (Å²) >= 11 is 22.4. The molecule has 0 saturated heterocycles. The SMILES string of the molecule is O=C(NC(=S)Nc1ccc(Cl)cc1[N+](=O)[O-])c1ccc(Cl)cc1Cl. The van der Waals surface area contributed by atoms with Crippen LogP contribution >= 0.6 is 47.0 Å². The van der Waals surface area contributed by atoms with E-state index in [1.54, 1.807) is 0 Å². The molecular formula is C14H8Cl3N3O3S. The Morgan fingerprint density at radius 1 is 1.08 bits per heavy atom. The van der Waals surface area contributed by atoms with Gasteiger partial charge in [0, 0.05) is 16.1 Å². The fourth-order valence-corrected chi connectivity index (χ4v) is 2.62. The summed E-state index contributed by atoms with van der Waals surface area (Å²) < 4.78 is 0. The van der Waals surface area contributed by atoms with Crippen molar-refractivity contribution in [2.24, 2.45) is 0 Å². The number of anilines is 1. The van der Waals surface area contributed by atoms with Crippen molar-refractivity contribution >= 4 is 69.4 Å². The number of carbonyl (C=O) groups excluding carboxylic acids is 1. The van der Waals surface area contributed by atoms with E-state index >= 15 is 0 Å². The van der Waals surface area contributed by atoms with Crippen LogP contribution in [-0.2, 0) is 0 Å². The lowest BCUT2D eigenvalue weighted by atomic mass is 10.2. The molecule has 0 aliphatic heterocycles. The first kappa shape index (κ1) is 18.4. The van der Waals surface area contributed by atoms with Gasteiger partial charge in [-0.05, 0) is 42.5 Å². The van der Waals surface area contributed by atoms with Gasteiger partial charge in [-0.3, -0.25) is 20.2 Å². The third-order valence-corrected chi connectivity index (χ3v) is 3.79. The second kappa shape index (κ2) is 7.76. The molecule has 0 heterocycles. The fourth-order valence-electron chi connectivity index (χ4n) is 1.76. The van der Waals surface area contributed by atoms with E-state index in [4.69, 9.17) is 47.0 Å². The van der Waals surface area contributed by atoms with E-state index < -0.39 is 10.8 Å². The first-order chi connectivity index (χ1) is 11.3. The molecule has 0 saturated carbocycles. The number of thiocarbonyl (C=S) groups is 1. The predicted molar refractivity (Wildman–Crippen MR) is 98.3 cm³/mol. The number of nitrogens with one attached hydrogen (secondary N) is 2. The van der Waals surface area contributed by atoms with E-state index in [1.165, 1.54) is 36.4 Å². The number of benzene rings is 2. The Balaban J connectivity index is 2.14. The monoisotopic (exact) mass is 403 g/mol. The molecule has 6 nitrogen and oxygen atoms in total. The number of halogens is 3. The maximum Gasteiger partial charge on any atom is 0.294 e. The van der Waals surface area contributed by atoms with Crippen LogP contribution in [-0.4, -0.2) is 15.9 Å². The van der Waals surface area contributed by atoms with Gasteiger partial charge < -0.3 is 5.32 Å². The van der Waals surface area contributed by atoms with Crippen LogP contribution in [0.15, 0.2) is 36.4 Å². The van der Waals surface area contributed by atoms with Gasteiger partial charge in [0.1, 0.15) is 5.69 Å². The molecule has 0 spiro atoms. The van der Waals surface area contributed by atoms with Gasteiger partial charge in [-0.15, -0.1) is 0 Å². The van der Waals surface area contributed by atoms with Crippen LogP contribution in [0.25, 0.3) is 0 Å². The highest BCUT2D eigenvalue weighted by Crippen LogP contribution is 2.27. The summed E-state index contributed by atoms with van der Waals surface area (Å²) in [5.41, 5.74) is -0.0173. The molecule has 24 heavy (non-hydrogen) atoms. The summed E-state index contributed by atoms with van der Waals surface area (Å²) in [7, 11) is 0. The normalized spacial score (nSPS) is 10.1. The van der Waals surface area contributed by atoms with Crippen LogP contribution in [0, 0.1) is 10.1 Å². The van der Waals surface area contributed by atoms with Crippen molar-refractivity contribution in [1.82, 2.24) is 5.32 Å². The van der Waals surface area contributed by atoms with Gasteiger partial charge >= 0.3 is 0 Å². The number of amides is 1. The highest BCUT2D eigenvalue weighted by atomic mass is 35.5. The molecule has 0 aliphatic rings. The minimum Gasteiger partial charge on any atom is -0.327 e. The maximum absolute atomic E-state index is 12.1. The number of nitro benzene ring substituents is 1. The summed E-state index contributed by atoms with van der Waals surface area (Å²) in [4.78, 5) is 22.5. The molecule has 0 fully saturated rings. The smallest absolute Gasteiger partial charge is 0.294 e. The van der Waals surface area contributed by atoms with Crippen molar-refractivity contribution in [3.05, 3.63) is 67.1 Å². The summed E-state index contributed by atoms with van der Waals surface area (Å²) in [6.07, 6.45) is 0. The highest BCUT2D eigenvalue weighted by molar-refractivity contribution is 7.80. The number of nitrogens with zero attached hydrogens (tertiary/aromatic N) is 1. The van der Waals surface area contributed by atoms with Gasteiger partial charge in [0.2, 0.25) is 0 Å². The first-order valence-corrected chi connectivity index (χ1v) is 7.83. The number of rotatable bonds is 3. The standard InChI is InChI=1S/C14H8Cl3N3O3S/c15-7-1-3-9(10(17)5-7)13(21)19-14(24)18-11-4-2-8(16)6-12(11)20(22)23/h1-6H,(H2,18,19,21,24). The Bertz CT molecular complexity index is 845. The van der Waals surface area contributed by atoms with Crippen LogP contribution in [0.2, 0.25) is 15.1 Å². The Hall–Kier alpha value is -1.93. The average Bonchev–Trinajstić information content (AvgIpc) is 2.48. The van der Waals surface area contributed by atoms with Gasteiger partial charge in [0.05, 0.1) is 15.5 Å². The third-order valence-electron chi connectivity index (χ3n) is 2.81. The predicted octanol–water partition coefficient (Wildman–Crippen LogP) is 4.68. The summed E-state index contributed by atoms with van der Waals surface area (Å²) in [5.74, 6) is -0.578. The fraction of sp³-hybridized carbons (Fsp3) is 0.